The second-order valence-electron chi connectivity index (χ2n) is 4.89. The van der Waals surface area contributed by atoms with Gasteiger partial charge in [0.05, 0.1) is 0 Å². The Morgan fingerprint density at radius 3 is 2.52 bits per heavy atom. The molecule has 0 saturated carbocycles. The van der Waals surface area contributed by atoms with E-state index >= 15 is 0 Å². The van der Waals surface area contributed by atoms with Gasteiger partial charge in [0.25, 0.3) is 5.91 Å². The van der Waals surface area contributed by atoms with Crippen molar-refractivity contribution in [3.05, 3.63) is 53.6 Å². The Kier molecular flexibility index (Phi) is 5.28. The Bertz CT molecular complexity index is 620. The normalized spacial score (nSPS) is 10.2. The van der Waals surface area contributed by atoms with Gasteiger partial charge in [-0.15, -0.1) is 11.8 Å². The van der Waals surface area contributed by atoms with Crippen LogP contribution >= 0.6 is 11.8 Å². The lowest BCUT2D eigenvalue weighted by Gasteiger charge is -2.09. The third-order valence-corrected chi connectivity index (χ3v) is 3.64. The third-order valence-electron chi connectivity index (χ3n) is 2.92. The van der Waals surface area contributed by atoms with Gasteiger partial charge in [-0.2, -0.15) is 0 Å². The molecule has 0 radical (unpaired) electrons. The van der Waals surface area contributed by atoms with Crippen LogP contribution in [0.15, 0.2) is 47.4 Å². The van der Waals surface area contributed by atoms with E-state index in [9.17, 15) is 4.79 Å². The predicted molar refractivity (Wildman–Crippen MR) is 88.3 cm³/mol. The Morgan fingerprint density at radius 2 is 1.86 bits per heavy atom. The molecule has 0 atom stereocenters. The number of carbonyl (C=O) groups excluding carboxylic acids is 1. The molecule has 0 spiro atoms. The van der Waals surface area contributed by atoms with Crippen LogP contribution in [-0.2, 0) is 4.79 Å². The summed E-state index contributed by atoms with van der Waals surface area (Å²) in [6.45, 7) is 4.02. The second-order valence-corrected chi connectivity index (χ2v) is 5.77. The van der Waals surface area contributed by atoms with Crippen LogP contribution in [0.5, 0.6) is 5.75 Å². The molecule has 1 amide bonds. The minimum atomic E-state index is -0.160. The molecule has 0 bridgehead atoms. The van der Waals surface area contributed by atoms with Gasteiger partial charge in [0.2, 0.25) is 0 Å². The highest BCUT2D eigenvalue weighted by molar-refractivity contribution is 7.98. The van der Waals surface area contributed by atoms with E-state index in [4.69, 9.17) is 4.74 Å². The first kappa shape index (κ1) is 15.4. The van der Waals surface area contributed by atoms with Crippen LogP contribution in [-0.4, -0.2) is 18.8 Å². The van der Waals surface area contributed by atoms with Crippen LogP contribution < -0.4 is 10.1 Å². The van der Waals surface area contributed by atoms with E-state index in [2.05, 4.69) is 11.4 Å². The molecular formula is C17H19NO2S. The molecule has 3 nitrogen and oxygen atoms in total. The van der Waals surface area contributed by atoms with Crippen molar-refractivity contribution in [3.63, 3.8) is 0 Å². The summed E-state index contributed by atoms with van der Waals surface area (Å²) < 4.78 is 5.54. The van der Waals surface area contributed by atoms with E-state index < -0.39 is 0 Å². The highest BCUT2D eigenvalue weighted by Crippen LogP contribution is 2.19. The van der Waals surface area contributed by atoms with Crippen LogP contribution in [0.3, 0.4) is 0 Å². The first-order valence-corrected chi connectivity index (χ1v) is 7.94. The second kappa shape index (κ2) is 7.18. The molecule has 0 aliphatic heterocycles. The van der Waals surface area contributed by atoms with E-state index in [1.54, 1.807) is 11.8 Å². The maximum absolute atomic E-state index is 11.9. The largest absolute Gasteiger partial charge is 0.484 e. The molecule has 0 saturated heterocycles. The van der Waals surface area contributed by atoms with Gasteiger partial charge in [-0.05, 0) is 61.6 Å². The van der Waals surface area contributed by atoms with Gasteiger partial charge in [-0.25, -0.2) is 0 Å². The number of rotatable bonds is 5. The Hall–Kier alpha value is -1.94. The van der Waals surface area contributed by atoms with Crippen molar-refractivity contribution < 1.29 is 9.53 Å². The fourth-order valence-electron chi connectivity index (χ4n) is 2.06. The number of hydrogen-bond donors (Lipinski definition) is 1. The first-order chi connectivity index (χ1) is 10.1. The van der Waals surface area contributed by atoms with Gasteiger partial charge in [0, 0.05) is 10.6 Å². The zero-order valence-corrected chi connectivity index (χ0v) is 13.3. The van der Waals surface area contributed by atoms with Crippen molar-refractivity contribution >= 4 is 23.4 Å². The number of amides is 1. The highest BCUT2D eigenvalue weighted by atomic mass is 32.2. The number of thioether (sulfide) groups is 1. The number of hydrogen-bond acceptors (Lipinski definition) is 3. The van der Waals surface area contributed by atoms with Crippen LogP contribution in [0.1, 0.15) is 11.1 Å². The molecule has 110 valence electrons. The zero-order chi connectivity index (χ0) is 15.2. The van der Waals surface area contributed by atoms with Gasteiger partial charge >= 0.3 is 0 Å². The van der Waals surface area contributed by atoms with Gasteiger partial charge in [0.15, 0.2) is 6.61 Å². The van der Waals surface area contributed by atoms with Crippen molar-refractivity contribution in [2.45, 2.75) is 18.7 Å². The minimum absolute atomic E-state index is 0.00634. The number of carbonyl (C=O) groups is 1. The molecule has 1 N–H and O–H groups in total. The molecule has 2 aromatic carbocycles. The van der Waals surface area contributed by atoms with Crippen molar-refractivity contribution in [2.24, 2.45) is 0 Å². The fraction of sp³-hybridized carbons (Fsp3) is 0.235. The maximum Gasteiger partial charge on any atom is 0.262 e. The highest BCUT2D eigenvalue weighted by Gasteiger charge is 2.05. The average Bonchev–Trinajstić information content (AvgIpc) is 2.44. The smallest absolute Gasteiger partial charge is 0.262 e. The molecule has 0 aliphatic carbocycles. The van der Waals surface area contributed by atoms with Crippen molar-refractivity contribution in [3.8, 4) is 5.75 Å². The van der Waals surface area contributed by atoms with Crippen LogP contribution in [0.25, 0.3) is 0 Å². The van der Waals surface area contributed by atoms with E-state index in [1.807, 2.05) is 56.5 Å². The zero-order valence-electron chi connectivity index (χ0n) is 12.5. The van der Waals surface area contributed by atoms with Crippen LogP contribution in [0, 0.1) is 13.8 Å². The maximum atomic E-state index is 11.9. The van der Waals surface area contributed by atoms with Crippen molar-refractivity contribution in [1.82, 2.24) is 0 Å². The number of aryl methyl sites for hydroxylation is 2. The third kappa shape index (κ3) is 4.83. The Balaban J connectivity index is 1.92. The molecule has 21 heavy (non-hydrogen) atoms. The molecule has 0 fully saturated rings. The summed E-state index contributed by atoms with van der Waals surface area (Å²) >= 11 is 1.64. The van der Waals surface area contributed by atoms with E-state index in [0.29, 0.717) is 0 Å². The molecule has 4 heteroatoms. The summed E-state index contributed by atoms with van der Waals surface area (Å²) in [7, 11) is 0. The summed E-state index contributed by atoms with van der Waals surface area (Å²) in [6.07, 6.45) is 2.00. The molecule has 0 unspecified atom stereocenters. The first-order valence-electron chi connectivity index (χ1n) is 6.72. The SMILES string of the molecule is CSc1cccc(NC(=O)COc2cc(C)cc(C)c2)c1. The molecule has 0 aromatic heterocycles. The van der Waals surface area contributed by atoms with Gasteiger partial charge in [-0.3, -0.25) is 4.79 Å². The minimum Gasteiger partial charge on any atom is -0.484 e. The molecule has 2 aromatic rings. The molecule has 0 heterocycles. The lowest BCUT2D eigenvalue weighted by molar-refractivity contribution is -0.118. The predicted octanol–water partition coefficient (Wildman–Crippen LogP) is 4.04. The number of ether oxygens (including phenoxy) is 1. The topological polar surface area (TPSA) is 38.3 Å². The fourth-order valence-corrected chi connectivity index (χ4v) is 2.52. The van der Waals surface area contributed by atoms with Gasteiger partial charge in [0.1, 0.15) is 5.75 Å². The summed E-state index contributed by atoms with van der Waals surface area (Å²) in [5, 5.41) is 2.84. The summed E-state index contributed by atoms with van der Waals surface area (Å²) in [5.74, 6) is 0.563. The van der Waals surface area contributed by atoms with Gasteiger partial charge in [-0.1, -0.05) is 12.1 Å². The number of benzene rings is 2. The average molecular weight is 301 g/mol. The molecule has 2 rings (SSSR count). The van der Waals surface area contributed by atoms with Crippen molar-refractivity contribution in [1.29, 1.82) is 0 Å². The Morgan fingerprint density at radius 1 is 1.14 bits per heavy atom. The van der Waals surface area contributed by atoms with Crippen LogP contribution in [0.4, 0.5) is 5.69 Å². The van der Waals surface area contributed by atoms with E-state index in [-0.39, 0.29) is 12.5 Å². The molecular weight excluding hydrogens is 282 g/mol. The summed E-state index contributed by atoms with van der Waals surface area (Å²) in [4.78, 5) is 13.0. The summed E-state index contributed by atoms with van der Waals surface area (Å²) in [5.41, 5.74) is 3.03. The van der Waals surface area contributed by atoms with Crippen LogP contribution in [0.2, 0.25) is 0 Å². The Labute approximate surface area is 129 Å². The van der Waals surface area contributed by atoms with E-state index in [1.165, 1.54) is 0 Å². The monoisotopic (exact) mass is 301 g/mol. The van der Waals surface area contributed by atoms with Gasteiger partial charge < -0.3 is 10.1 Å². The lowest BCUT2D eigenvalue weighted by Crippen LogP contribution is -2.20. The summed E-state index contributed by atoms with van der Waals surface area (Å²) in [6, 6.07) is 13.7. The lowest BCUT2D eigenvalue weighted by atomic mass is 10.1. The quantitative estimate of drug-likeness (QED) is 0.847. The molecule has 0 aliphatic rings. The number of nitrogens with one attached hydrogen (secondary N) is 1. The van der Waals surface area contributed by atoms with Crippen molar-refractivity contribution in [2.75, 3.05) is 18.2 Å². The van der Waals surface area contributed by atoms with E-state index in [0.717, 1.165) is 27.5 Å². The standard InChI is InChI=1S/C17H19NO2S/c1-12-7-13(2)9-15(8-12)20-11-17(19)18-14-5-4-6-16(10-14)21-3/h4-10H,11H2,1-3H3,(H,18,19). The number of anilines is 1.